The van der Waals surface area contributed by atoms with Gasteiger partial charge in [-0.1, -0.05) is 76.3 Å². The van der Waals surface area contributed by atoms with Crippen molar-refractivity contribution in [3.63, 3.8) is 0 Å². The molecule has 14 heteroatoms. The van der Waals surface area contributed by atoms with Crippen molar-refractivity contribution in [2.45, 2.75) is 85.5 Å². The summed E-state index contributed by atoms with van der Waals surface area (Å²) in [5.74, 6) is -3.85. The Kier molecular flexibility index (Phi) is 28.0. The minimum Gasteiger partial charge on any atom is -0.480 e. The van der Waals surface area contributed by atoms with Gasteiger partial charge in [0, 0.05) is 65.3 Å². The third-order valence-electron chi connectivity index (χ3n) is 8.21. The first-order chi connectivity index (χ1) is 24.4. The Labute approximate surface area is 304 Å². The van der Waals surface area contributed by atoms with E-state index in [1.165, 1.54) is 43.2 Å². The van der Waals surface area contributed by atoms with Crippen molar-refractivity contribution >= 4 is 29.8 Å². The number of hydrogen-bond acceptors (Lipinski definition) is 9. The number of rotatable bonds is 19. The van der Waals surface area contributed by atoms with Gasteiger partial charge < -0.3 is 25.7 Å². The highest BCUT2D eigenvalue weighted by atomic mass is 16.4. The molecule has 0 aromatic heterocycles. The fourth-order valence-corrected chi connectivity index (χ4v) is 5.39. The largest absolute Gasteiger partial charge is 0.480 e. The van der Waals surface area contributed by atoms with Gasteiger partial charge in [0.2, 0.25) is 5.91 Å². The first-order valence-electron chi connectivity index (χ1n) is 18.5. The van der Waals surface area contributed by atoms with E-state index in [1.54, 1.807) is 19.6 Å². The van der Waals surface area contributed by atoms with Crippen molar-refractivity contribution in [3.8, 4) is 0 Å². The van der Waals surface area contributed by atoms with Gasteiger partial charge in [0.25, 0.3) is 0 Å². The summed E-state index contributed by atoms with van der Waals surface area (Å²) in [6, 6.07) is 8.82. The number of carbonyl (C=O) groups excluding carboxylic acids is 1. The number of benzene rings is 1. The molecule has 14 nitrogen and oxygen atoms in total. The second kappa shape index (κ2) is 30.1. The first-order valence-corrected chi connectivity index (χ1v) is 18.5. The summed E-state index contributed by atoms with van der Waals surface area (Å²) in [6.07, 6.45) is 10.0. The molecule has 1 aliphatic rings. The Bertz CT molecular complexity index is 1010. The number of carbonyl (C=O) groups is 5. The van der Waals surface area contributed by atoms with Crippen LogP contribution in [0.4, 0.5) is 0 Å². The number of nitrogens with zero attached hydrogens (tertiary/aromatic N) is 4. The normalized spacial score (nSPS) is 15.1. The fraction of sp³-hybridized carbons (Fsp3) is 0.703. The zero-order chi connectivity index (χ0) is 38.4. The molecule has 0 bridgehead atoms. The highest BCUT2D eigenvalue weighted by Gasteiger charge is 2.20. The van der Waals surface area contributed by atoms with Crippen LogP contribution in [-0.4, -0.2) is 155 Å². The molecule has 0 atom stereocenters. The second-order valence-electron chi connectivity index (χ2n) is 12.6. The lowest BCUT2D eigenvalue weighted by Crippen LogP contribution is -2.49. The van der Waals surface area contributed by atoms with Gasteiger partial charge in [-0.05, 0) is 38.2 Å². The van der Waals surface area contributed by atoms with Crippen LogP contribution in [0.15, 0.2) is 24.3 Å². The van der Waals surface area contributed by atoms with Crippen LogP contribution in [0.2, 0.25) is 0 Å². The molecule has 1 aromatic rings. The standard InChI is InChI=1S/C19H31NO.C16H28N4O8.C2H6/c1-3-4-7-11-19(21)20-16-9-6-5-8-10-18-14-12-17(2)13-15-18;21-13(22)9-17-1-2-18(10-14(23)24)5-6-20(12-16(27)28)8-7-19(4-3-17)11-15(25)26;1-2/h12-15H,3-11,16H2,1-2H3,(H,20,21);1-12H2,(H,21,22)(H,23,24)(H,25,26)(H,27,28);1-2H3. The zero-order valence-corrected chi connectivity index (χ0v) is 31.5. The average molecular weight is 724 g/mol. The molecule has 1 heterocycles. The number of hydrogen-bond donors (Lipinski definition) is 5. The summed E-state index contributed by atoms with van der Waals surface area (Å²) >= 11 is 0. The van der Waals surface area contributed by atoms with Gasteiger partial charge in [-0.25, -0.2) is 0 Å². The maximum atomic E-state index is 11.5. The monoisotopic (exact) mass is 723 g/mol. The number of unbranched alkanes of at least 4 members (excludes halogenated alkanes) is 5. The van der Waals surface area contributed by atoms with Crippen molar-refractivity contribution in [3.05, 3.63) is 35.4 Å². The van der Waals surface area contributed by atoms with E-state index < -0.39 is 23.9 Å². The topological polar surface area (TPSA) is 191 Å². The highest BCUT2D eigenvalue weighted by molar-refractivity contribution is 5.75. The van der Waals surface area contributed by atoms with Crippen LogP contribution >= 0.6 is 0 Å². The summed E-state index contributed by atoms with van der Waals surface area (Å²) in [5.41, 5.74) is 2.76. The van der Waals surface area contributed by atoms with Gasteiger partial charge in [0.05, 0.1) is 26.2 Å². The summed E-state index contributed by atoms with van der Waals surface area (Å²) in [4.78, 5) is 62.4. The van der Waals surface area contributed by atoms with Crippen LogP contribution in [0.5, 0.6) is 0 Å². The number of carboxylic acid groups (broad SMARTS) is 4. The van der Waals surface area contributed by atoms with E-state index >= 15 is 0 Å². The van der Waals surface area contributed by atoms with E-state index in [4.69, 9.17) is 20.4 Å². The maximum absolute atomic E-state index is 11.5. The lowest BCUT2D eigenvalue weighted by Gasteiger charge is -2.32. The maximum Gasteiger partial charge on any atom is 0.317 e. The number of nitrogens with one attached hydrogen (secondary N) is 1. The molecule has 51 heavy (non-hydrogen) atoms. The fourth-order valence-electron chi connectivity index (χ4n) is 5.39. The molecule has 0 radical (unpaired) electrons. The van der Waals surface area contributed by atoms with E-state index in [0.29, 0.717) is 58.8 Å². The smallest absolute Gasteiger partial charge is 0.317 e. The zero-order valence-electron chi connectivity index (χ0n) is 31.5. The van der Waals surface area contributed by atoms with E-state index in [0.717, 1.165) is 25.8 Å². The van der Waals surface area contributed by atoms with Crippen molar-refractivity contribution < 1.29 is 44.4 Å². The van der Waals surface area contributed by atoms with Crippen LogP contribution < -0.4 is 5.32 Å². The van der Waals surface area contributed by atoms with Crippen molar-refractivity contribution in [1.82, 2.24) is 24.9 Å². The third-order valence-corrected chi connectivity index (χ3v) is 8.21. The Hall–Kier alpha value is -3.59. The van der Waals surface area contributed by atoms with Gasteiger partial charge in [-0.15, -0.1) is 0 Å². The van der Waals surface area contributed by atoms with E-state index in [1.807, 2.05) is 13.8 Å². The van der Waals surface area contributed by atoms with Gasteiger partial charge in [-0.3, -0.25) is 43.6 Å². The van der Waals surface area contributed by atoms with Crippen molar-refractivity contribution in [1.29, 1.82) is 0 Å². The van der Waals surface area contributed by atoms with Crippen LogP contribution in [0, 0.1) is 6.92 Å². The molecule has 0 aliphatic carbocycles. The van der Waals surface area contributed by atoms with Crippen molar-refractivity contribution in [2.24, 2.45) is 0 Å². The lowest BCUT2D eigenvalue weighted by atomic mass is 10.0. The molecule has 0 spiro atoms. The predicted molar refractivity (Wildman–Crippen MR) is 198 cm³/mol. The Morgan fingerprint density at radius 2 is 0.941 bits per heavy atom. The molecular formula is C37H65N5O9. The van der Waals surface area contributed by atoms with Gasteiger partial charge in [0.1, 0.15) is 0 Å². The van der Waals surface area contributed by atoms with Gasteiger partial charge in [-0.2, -0.15) is 0 Å². The minimum absolute atomic E-state index is 0.225. The summed E-state index contributed by atoms with van der Waals surface area (Å²) in [6.45, 7) is 10.7. The number of carboxylic acids is 4. The molecule has 0 unspecified atom stereocenters. The molecule has 1 aromatic carbocycles. The van der Waals surface area contributed by atoms with Crippen LogP contribution in [-0.2, 0) is 30.4 Å². The quantitative estimate of drug-likeness (QED) is 0.131. The van der Waals surface area contributed by atoms with Gasteiger partial charge in [0.15, 0.2) is 0 Å². The first kappa shape index (κ1) is 47.4. The summed E-state index contributed by atoms with van der Waals surface area (Å²) in [7, 11) is 0. The molecule has 1 saturated heterocycles. The lowest BCUT2D eigenvalue weighted by molar-refractivity contribution is -0.141. The van der Waals surface area contributed by atoms with Crippen LogP contribution in [0.25, 0.3) is 0 Å². The molecule has 1 amide bonds. The molecular weight excluding hydrogens is 658 g/mol. The summed E-state index contributed by atoms with van der Waals surface area (Å²) < 4.78 is 0. The van der Waals surface area contributed by atoms with Crippen LogP contribution in [0.1, 0.15) is 83.3 Å². The molecule has 1 fully saturated rings. The highest BCUT2D eigenvalue weighted by Crippen LogP contribution is 2.09. The van der Waals surface area contributed by atoms with Gasteiger partial charge >= 0.3 is 23.9 Å². The molecule has 2 rings (SSSR count). The number of amides is 1. The van der Waals surface area contributed by atoms with E-state index in [-0.39, 0.29) is 32.1 Å². The number of aryl methyl sites for hydroxylation is 2. The summed E-state index contributed by atoms with van der Waals surface area (Å²) in [5, 5.41) is 39.3. The molecule has 292 valence electrons. The minimum atomic E-state index is -1.02. The second-order valence-corrected chi connectivity index (χ2v) is 12.6. The Balaban J connectivity index is 0.000000969. The number of aliphatic carboxylic acids is 4. The third kappa shape index (κ3) is 27.8. The Morgan fingerprint density at radius 1 is 0.569 bits per heavy atom. The average Bonchev–Trinajstić information content (AvgIpc) is 3.07. The van der Waals surface area contributed by atoms with Crippen LogP contribution in [0.3, 0.4) is 0 Å². The van der Waals surface area contributed by atoms with E-state index in [2.05, 4.69) is 43.4 Å². The molecule has 0 saturated carbocycles. The van der Waals surface area contributed by atoms with E-state index in [9.17, 15) is 24.0 Å². The SMILES string of the molecule is CC.CCCCCC(=O)NCCCCCCc1ccc(C)cc1.O=C(O)CN1CCN(CC(=O)O)CCN(CC(=O)O)CCN(CC(=O)O)CC1. The Morgan fingerprint density at radius 3 is 1.29 bits per heavy atom. The molecule has 1 aliphatic heterocycles. The molecule has 5 N–H and O–H groups in total. The van der Waals surface area contributed by atoms with Crippen molar-refractivity contribution in [2.75, 3.05) is 85.1 Å². The predicted octanol–water partition coefficient (Wildman–Crippen LogP) is 3.37.